The van der Waals surface area contributed by atoms with Crippen molar-refractivity contribution in [3.63, 3.8) is 0 Å². The first-order chi connectivity index (χ1) is 9.81. The highest BCUT2D eigenvalue weighted by Crippen LogP contribution is 2.15. The number of hydrogen-bond donors (Lipinski definition) is 2. The summed E-state index contributed by atoms with van der Waals surface area (Å²) in [5, 5.41) is 17.3. The fourth-order valence-corrected chi connectivity index (χ4v) is 1.93. The van der Waals surface area contributed by atoms with Gasteiger partial charge in [-0.25, -0.2) is 0 Å². The second kappa shape index (κ2) is 5.52. The highest BCUT2D eigenvalue weighted by atomic mass is 15.5. The number of H-pyrrole nitrogens is 1. The minimum absolute atomic E-state index is 0.614. The molecule has 0 bridgehead atoms. The van der Waals surface area contributed by atoms with Crippen LogP contribution in [-0.2, 0) is 6.54 Å². The van der Waals surface area contributed by atoms with Crippen LogP contribution in [0.5, 0.6) is 0 Å². The van der Waals surface area contributed by atoms with E-state index >= 15 is 0 Å². The van der Waals surface area contributed by atoms with E-state index in [-0.39, 0.29) is 0 Å². The van der Waals surface area contributed by atoms with Gasteiger partial charge in [0.1, 0.15) is 0 Å². The first kappa shape index (κ1) is 12.3. The third-order valence-electron chi connectivity index (χ3n) is 3.11. The van der Waals surface area contributed by atoms with E-state index in [1.807, 2.05) is 12.1 Å². The number of aromatic nitrogens is 4. The Hall–Kier alpha value is -2.69. The molecular weight excluding hydrogens is 250 g/mol. The fourth-order valence-electron chi connectivity index (χ4n) is 1.93. The SMILES string of the molecule is Cc1ccc(NCc2ccc(-c3nn[nH]n3)cc2)cc1. The molecule has 20 heavy (non-hydrogen) atoms. The lowest BCUT2D eigenvalue weighted by Crippen LogP contribution is -1.99. The molecule has 0 amide bonds. The Labute approximate surface area is 117 Å². The van der Waals surface area contributed by atoms with E-state index in [9.17, 15) is 0 Å². The van der Waals surface area contributed by atoms with Crippen molar-refractivity contribution in [3.8, 4) is 11.4 Å². The lowest BCUT2D eigenvalue weighted by atomic mass is 10.1. The molecule has 0 unspecified atom stereocenters. The minimum Gasteiger partial charge on any atom is -0.381 e. The monoisotopic (exact) mass is 265 g/mol. The topological polar surface area (TPSA) is 66.5 Å². The highest BCUT2D eigenvalue weighted by molar-refractivity contribution is 5.54. The largest absolute Gasteiger partial charge is 0.381 e. The van der Waals surface area contributed by atoms with Gasteiger partial charge in [0.25, 0.3) is 0 Å². The summed E-state index contributed by atoms with van der Waals surface area (Å²) in [6.45, 7) is 2.87. The van der Waals surface area contributed by atoms with Crippen molar-refractivity contribution in [3.05, 3.63) is 59.7 Å². The minimum atomic E-state index is 0.614. The van der Waals surface area contributed by atoms with Gasteiger partial charge < -0.3 is 5.32 Å². The van der Waals surface area contributed by atoms with Crippen molar-refractivity contribution in [1.29, 1.82) is 0 Å². The first-order valence-corrected chi connectivity index (χ1v) is 6.44. The molecule has 3 aromatic rings. The lowest BCUT2D eigenvalue weighted by molar-refractivity contribution is 0.881. The van der Waals surface area contributed by atoms with Gasteiger partial charge in [-0.1, -0.05) is 42.0 Å². The normalized spacial score (nSPS) is 10.4. The van der Waals surface area contributed by atoms with Crippen molar-refractivity contribution >= 4 is 5.69 Å². The van der Waals surface area contributed by atoms with Crippen LogP contribution < -0.4 is 5.32 Å². The Kier molecular flexibility index (Phi) is 3.41. The van der Waals surface area contributed by atoms with Crippen molar-refractivity contribution in [2.45, 2.75) is 13.5 Å². The standard InChI is InChI=1S/C15H15N5/c1-11-2-8-14(9-3-11)16-10-12-4-6-13(7-5-12)15-17-19-20-18-15/h2-9,16H,10H2,1H3,(H,17,18,19,20). The maximum absolute atomic E-state index is 3.96. The number of aromatic amines is 1. The molecule has 1 heterocycles. The van der Waals surface area contributed by atoms with Gasteiger partial charge in [-0.15, -0.1) is 10.2 Å². The zero-order valence-electron chi connectivity index (χ0n) is 11.2. The number of anilines is 1. The summed E-state index contributed by atoms with van der Waals surface area (Å²) in [5.41, 5.74) is 4.55. The maximum Gasteiger partial charge on any atom is 0.204 e. The zero-order valence-corrected chi connectivity index (χ0v) is 11.2. The van der Waals surface area contributed by atoms with E-state index in [1.165, 1.54) is 11.1 Å². The molecule has 0 aliphatic rings. The van der Waals surface area contributed by atoms with Crippen molar-refractivity contribution in [2.75, 3.05) is 5.32 Å². The summed E-state index contributed by atoms with van der Waals surface area (Å²) in [5.74, 6) is 0.614. The van der Waals surface area contributed by atoms with Crippen LogP contribution in [0.15, 0.2) is 48.5 Å². The van der Waals surface area contributed by atoms with E-state index in [2.05, 4.69) is 69.3 Å². The molecule has 0 radical (unpaired) electrons. The summed E-state index contributed by atoms with van der Waals surface area (Å²) in [6, 6.07) is 16.5. The average Bonchev–Trinajstić information content (AvgIpc) is 3.01. The number of nitrogens with one attached hydrogen (secondary N) is 2. The summed E-state index contributed by atoms with van der Waals surface area (Å²) in [6.07, 6.45) is 0. The highest BCUT2D eigenvalue weighted by Gasteiger charge is 2.02. The van der Waals surface area contributed by atoms with Crippen LogP contribution in [0.25, 0.3) is 11.4 Å². The molecule has 0 fully saturated rings. The van der Waals surface area contributed by atoms with Crippen LogP contribution in [0.1, 0.15) is 11.1 Å². The first-order valence-electron chi connectivity index (χ1n) is 6.44. The van der Waals surface area contributed by atoms with Gasteiger partial charge in [-0.05, 0) is 29.8 Å². The van der Waals surface area contributed by atoms with Gasteiger partial charge in [0.15, 0.2) is 0 Å². The summed E-state index contributed by atoms with van der Waals surface area (Å²) >= 11 is 0. The Bertz CT molecular complexity index is 656. The number of aryl methyl sites for hydroxylation is 1. The van der Waals surface area contributed by atoms with E-state index < -0.39 is 0 Å². The average molecular weight is 265 g/mol. The smallest absolute Gasteiger partial charge is 0.204 e. The van der Waals surface area contributed by atoms with Crippen LogP contribution >= 0.6 is 0 Å². The third kappa shape index (κ3) is 2.83. The molecule has 0 aliphatic carbocycles. The number of benzene rings is 2. The molecule has 5 heteroatoms. The van der Waals surface area contributed by atoms with Crippen LogP contribution in [0.2, 0.25) is 0 Å². The zero-order chi connectivity index (χ0) is 13.8. The molecule has 0 atom stereocenters. The quantitative estimate of drug-likeness (QED) is 0.761. The number of tetrazole rings is 1. The summed E-state index contributed by atoms with van der Waals surface area (Å²) in [7, 11) is 0. The van der Waals surface area contributed by atoms with E-state index in [4.69, 9.17) is 0 Å². The molecule has 2 N–H and O–H groups in total. The van der Waals surface area contributed by atoms with Gasteiger partial charge >= 0.3 is 0 Å². The Morgan fingerprint density at radius 1 is 1.00 bits per heavy atom. The predicted octanol–water partition coefficient (Wildman–Crippen LogP) is 2.79. The molecule has 0 saturated carbocycles. The molecule has 100 valence electrons. The molecule has 1 aromatic heterocycles. The molecular formula is C15H15N5. The second-order valence-electron chi connectivity index (χ2n) is 4.65. The second-order valence-corrected chi connectivity index (χ2v) is 4.65. The summed E-state index contributed by atoms with van der Waals surface area (Å²) < 4.78 is 0. The number of hydrogen-bond acceptors (Lipinski definition) is 4. The van der Waals surface area contributed by atoms with E-state index in [0.717, 1.165) is 17.8 Å². The fraction of sp³-hybridized carbons (Fsp3) is 0.133. The number of rotatable bonds is 4. The van der Waals surface area contributed by atoms with Crippen molar-refractivity contribution in [2.24, 2.45) is 0 Å². The maximum atomic E-state index is 3.96. The number of nitrogens with zero attached hydrogens (tertiary/aromatic N) is 3. The van der Waals surface area contributed by atoms with Gasteiger partial charge in [-0.2, -0.15) is 5.21 Å². The van der Waals surface area contributed by atoms with Crippen molar-refractivity contribution in [1.82, 2.24) is 20.6 Å². The van der Waals surface area contributed by atoms with E-state index in [0.29, 0.717) is 5.82 Å². The van der Waals surface area contributed by atoms with Crippen LogP contribution in [0.4, 0.5) is 5.69 Å². The third-order valence-corrected chi connectivity index (χ3v) is 3.11. The Morgan fingerprint density at radius 2 is 1.75 bits per heavy atom. The van der Waals surface area contributed by atoms with Crippen LogP contribution in [0, 0.1) is 6.92 Å². The van der Waals surface area contributed by atoms with Gasteiger partial charge in [-0.3, -0.25) is 0 Å². The van der Waals surface area contributed by atoms with Gasteiger partial charge in [0.05, 0.1) is 0 Å². The van der Waals surface area contributed by atoms with Gasteiger partial charge in [0.2, 0.25) is 5.82 Å². The van der Waals surface area contributed by atoms with Crippen LogP contribution in [-0.4, -0.2) is 20.6 Å². The molecule has 0 saturated heterocycles. The molecule has 3 rings (SSSR count). The van der Waals surface area contributed by atoms with Gasteiger partial charge in [0, 0.05) is 17.8 Å². The molecule has 0 aliphatic heterocycles. The Balaban J connectivity index is 1.65. The summed E-state index contributed by atoms with van der Waals surface area (Å²) in [4.78, 5) is 0. The lowest BCUT2D eigenvalue weighted by Gasteiger charge is -2.07. The van der Waals surface area contributed by atoms with Crippen LogP contribution in [0.3, 0.4) is 0 Å². The molecule has 0 spiro atoms. The van der Waals surface area contributed by atoms with E-state index in [1.54, 1.807) is 0 Å². The van der Waals surface area contributed by atoms with Crippen molar-refractivity contribution < 1.29 is 0 Å². The predicted molar refractivity (Wildman–Crippen MR) is 78.1 cm³/mol. The molecule has 5 nitrogen and oxygen atoms in total. The Morgan fingerprint density at radius 3 is 2.40 bits per heavy atom. The molecule has 2 aromatic carbocycles.